The molecule has 0 saturated carbocycles. The van der Waals surface area contributed by atoms with Gasteiger partial charge in [0.1, 0.15) is 13.2 Å². The molecule has 0 N–H and O–H groups in total. The summed E-state index contributed by atoms with van der Waals surface area (Å²) in [4.78, 5) is 11.2. The lowest BCUT2D eigenvalue weighted by atomic mass is 9.78. The third-order valence-electron chi connectivity index (χ3n) is 5.11. The molecule has 1 fully saturated rings. The van der Waals surface area contributed by atoms with Gasteiger partial charge in [0.15, 0.2) is 0 Å². The van der Waals surface area contributed by atoms with Crippen LogP contribution in [0.1, 0.15) is 104 Å². The van der Waals surface area contributed by atoms with Crippen LogP contribution in [0.25, 0.3) is 0 Å². The highest BCUT2D eigenvalue weighted by molar-refractivity contribution is 5.60. The molecule has 0 radical (unpaired) electrons. The number of carbonyl (C=O) groups excluding carboxylic acids is 1. The maximum atomic E-state index is 11.2. The summed E-state index contributed by atoms with van der Waals surface area (Å²) in [5, 5.41) is 0. The number of cyclic esters (lactones) is 2. The fraction of sp³-hybridized carbons (Fsp3) is 0.950. The van der Waals surface area contributed by atoms with Crippen molar-refractivity contribution >= 4 is 6.16 Å². The van der Waals surface area contributed by atoms with Gasteiger partial charge in [-0.05, 0) is 12.8 Å². The summed E-state index contributed by atoms with van der Waals surface area (Å²) in [7, 11) is 0. The average Bonchev–Trinajstić information content (AvgIpc) is 2.57. The summed E-state index contributed by atoms with van der Waals surface area (Å²) in [6.45, 7) is 5.64. The standard InChI is InChI=1S/C20H38O3/c1-3-5-7-9-11-13-15-20(17-22-19(21)23-18-20)16-14-12-10-8-6-4-2/h3-18H2,1-2H3. The molecule has 1 heterocycles. The summed E-state index contributed by atoms with van der Waals surface area (Å²) in [6, 6.07) is 0. The molecule has 23 heavy (non-hydrogen) atoms. The highest BCUT2D eigenvalue weighted by atomic mass is 16.7. The maximum absolute atomic E-state index is 11.2. The van der Waals surface area contributed by atoms with Gasteiger partial charge in [-0.3, -0.25) is 0 Å². The SMILES string of the molecule is CCCCCCCCC1(CCCCCCCC)COC(=O)OC1. The van der Waals surface area contributed by atoms with Crippen molar-refractivity contribution in [1.29, 1.82) is 0 Å². The van der Waals surface area contributed by atoms with Gasteiger partial charge in [-0.2, -0.15) is 0 Å². The summed E-state index contributed by atoms with van der Waals surface area (Å²) in [5.41, 5.74) is 0.0867. The molecule has 0 spiro atoms. The predicted octanol–water partition coefficient (Wildman–Crippen LogP) is 6.64. The van der Waals surface area contributed by atoms with E-state index in [1.807, 2.05) is 0 Å². The van der Waals surface area contributed by atoms with E-state index in [9.17, 15) is 4.79 Å². The molecule has 0 bridgehead atoms. The van der Waals surface area contributed by atoms with Crippen molar-refractivity contribution < 1.29 is 14.3 Å². The van der Waals surface area contributed by atoms with Gasteiger partial charge >= 0.3 is 6.16 Å². The van der Waals surface area contributed by atoms with Gasteiger partial charge in [0.25, 0.3) is 0 Å². The molecule has 0 aromatic rings. The molecule has 0 atom stereocenters. The molecular formula is C20H38O3. The lowest BCUT2D eigenvalue weighted by Gasteiger charge is -2.36. The third kappa shape index (κ3) is 9.22. The number of hydrogen-bond acceptors (Lipinski definition) is 3. The second kappa shape index (κ2) is 12.7. The van der Waals surface area contributed by atoms with Gasteiger partial charge in [0.2, 0.25) is 0 Å². The quantitative estimate of drug-likeness (QED) is 0.265. The van der Waals surface area contributed by atoms with Crippen molar-refractivity contribution in [3.63, 3.8) is 0 Å². The van der Waals surface area contributed by atoms with Crippen LogP contribution in [0, 0.1) is 5.41 Å². The predicted molar refractivity (Wildman–Crippen MR) is 95.7 cm³/mol. The summed E-state index contributed by atoms with van der Waals surface area (Å²) in [5.74, 6) is 0. The average molecular weight is 327 g/mol. The number of rotatable bonds is 14. The molecule has 1 saturated heterocycles. The van der Waals surface area contributed by atoms with E-state index in [1.54, 1.807) is 0 Å². The van der Waals surface area contributed by atoms with Crippen LogP contribution in [-0.4, -0.2) is 19.4 Å². The summed E-state index contributed by atoms with van der Waals surface area (Å²) in [6.07, 6.45) is 17.5. The van der Waals surface area contributed by atoms with E-state index in [4.69, 9.17) is 9.47 Å². The molecule has 0 unspecified atom stereocenters. The van der Waals surface area contributed by atoms with E-state index in [1.165, 1.54) is 77.0 Å². The van der Waals surface area contributed by atoms with Crippen LogP contribution in [0.3, 0.4) is 0 Å². The molecule has 136 valence electrons. The summed E-state index contributed by atoms with van der Waals surface area (Å²) >= 11 is 0. The minimum absolute atomic E-state index is 0.0867. The van der Waals surface area contributed by atoms with Crippen molar-refractivity contribution in [2.45, 2.75) is 104 Å². The van der Waals surface area contributed by atoms with Crippen LogP contribution in [0.2, 0.25) is 0 Å². The van der Waals surface area contributed by atoms with Gasteiger partial charge in [-0.1, -0.05) is 90.9 Å². The molecule has 1 aliphatic heterocycles. The molecule has 3 heteroatoms. The zero-order valence-corrected chi connectivity index (χ0v) is 15.5. The van der Waals surface area contributed by atoms with Crippen LogP contribution in [-0.2, 0) is 9.47 Å². The highest BCUT2D eigenvalue weighted by Crippen LogP contribution is 2.35. The van der Waals surface area contributed by atoms with Crippen molar-refractivity contribution in [2.24, 2.45) is 5.41 Å². The Hall–Kier alpha value is -0.730. The monoisotopic (exact) mass is 326 g/mol. The molecule has 0 aromatic heterocycles. The van der Waals surface area contributed by atoms with Crippen LogP contribution >= 0.6 is 0 Å². The first-order chi connectivity index (χ1) is 11.2. The molecule has 1 rings (SSSR count). The highest BCUT2D eigenvalue weighted by Gasteiger charge is 2.36. The molecule has 0 amide bonds. The van der Waals surface area contributed by atoms with E-state index >= 15 is 0 Å². The van der Waals surface area contributed by atoms with Crippen LogP contribution in [0.15, 0.2) is 0 Å². The Morgan fingerprint density at radius 1 is 0.696 bits per heavy atom. The maximum Gasteiger partial charge on any atom is 0.508 e. The van der Waals surface area contributed by atoms with E-state index in [0.29, 0.717) is 13.2 Å². The first-order valence-electron chi connectivity index (χ1n) is 10.0. The van der Waals surface area contributed by atoms with Crippen LogP contribution < -0.4 is 0 Å². The molecule has 3 nitrogen and oxygen atoms in total. The van der Waals surface area contributed by atoms with E-state index in [-0.39, 0.29) is 5.41 Å². The molecule has 0 aliphatic carbocycles. The van der Waals surface area contributed by atoms with Crippen molar-refractivity contribution in [2.75, 3.05) is 13.2 Å². The van der Waals surface area contributed by atoms with Crippen molar-refractivity contribution in [3.8, 4) is 0 Å². The normalized spacial score (nSPS) is 16.9. The number of carbonyl (C=O) groups is 1. The smallest absolute Gasteiger partial charge is 0.434 e. The van der Waals surface area contributed by atoms with Crippen molar-refractivity contribution in [3.05, 3.63) is 0 Å². The topological polar surface area (TPSA) is 35.5 Å². The first-order valence-corrected chi connectivity index (χ1v) is 10.0. The third-order valence-corrected chi connectivity index (χ3v) is 5.11. The van der Waals surface area contributed by atoms with Gasteiger partial charge in [-0.25, -0.2) is 4.79 Å². The molecule has 0 aromatic carbocycles. The Kier molecular flexibility index (Phi) is 11.2. The number of ether oxygens (including phenoxy) is 2. The van der Waals surface area contributed by atoms with Gasteiger partial charge < -0.3 is 9.47 Å². The van der Waals surface area contributed by atoms with Gasteiger partial charge in [0.05, 0.1) is 0 Å². The Morgan fingerprint density at radius 3 is 1.52 bits per heavy atom. The van der Waals surface area contributed by atoms with Crippen LogP contribution in [0.5, 0.6) is 0 Å². The fourth-order valence-corrected chi connectivity index (χ4v) is 3.48. The number of unbranched alkanes of at least 4 members (excludes halogenated alkanes) is 10. The molecular weight excluding hydrogens is 288 g/mol. The van der Waals surface area contributed by atoms with E-state index in [2.05, 4.69) is 13.8 Å². The minimum atomic E-state index is -0.480. The zero-order valence-electron chi connectivity index (χ0n) is 15.5. The van der Waals surface area contributed by atoms with E-state index < -0.39 is 6.16 Å². The van der Waals surface area contributed by atoms with Gasteiger partial charge in [0, 0.05) is 5.41 Å². The Labute approximate surface area is 143 Å². The Balaban J connectivity index is 2.25. The van der Waals surface area contributed by atoms with E-state index in [0.717, 1.165) is 12.8 Å². The fourth-order valence-electron chi connectivity index (χ4n) is 3.48. The summed E-state index contributed by atoms with van der Waals surface area (Å²) < 4.78 is 10.4. The largest absolute Gasteiger partial charge is 0.508 e. The Morgan fingerprint density at radius 2 is 1.09 bits per heavy atom. The zero-order chi connectivity index (χ0) is 16.8. The minimum Gasteiger partial charge on any atom is -0.434 e. The molecule has 1 aliphatic rings. The first kappa shape index (κ1) is 20.3. The number of hydrogen-bond donors (Lipinski definition) is 0. The van der Waals surface area contributed by atoms with Crippen LogP contribution in [0.4, 0.5) is 4.79 Å². The second-order valence-electron chi connectivity index (χ2n) is 7.36. The van der Waals surface area contributed by atoms with Crippen molar-refractivity contribution in [1.82, 2.24) is 0 Å². The second-order valence-corrected chi connectivity index (χ2v) is 7.36. The lowest BCUT2D eigenvalue weighted by Crippen LogP contribution is -2.39. The Bertz CT molecular complexity index is 273. The van der Waals surface area contributed by atoms with Gasteiger partial charge in [-0.15, -0.1) is 0 Å². The lowest BCUT2D eigenvalue weighted by molar-refractivity contribution is -0.0685.